The fourth-order valence-electron chi connectivity index (χ4n) is 3.31. The van der Waals surface area contributed by atoms with Gasteiger partial charge in [-0.25, -0.2) is 13.2 Å². The smallest absolute Gasteiger partial charge is 0.317 e. The number of nitrogens with one attached hydrogen (secondary N) is 1. The minimum Gasteiger partial charge on any atom is -0.481 e. The molecule has 2 atom stereocenters. The summed E-state index contributed by atoms with van der Waals surface area (Å²) in [4.78, 5) is 25.2. The van der Waals surface area contributed by atoms with Crippen molar-refractivity contribution >= 4 is 22.0 Å². The van der Waals surface area contributed by atoms with Gasteiger partial charge in [0.2, 0.25) is 10.0 Å². The summed E-state index contributed by atoms with van der Waals surface area (Å²) in [7, 11) is -3.30. The lowest BCUT2D eigenvalue weighted by molar-refractivity contribution is -0.137. The fourth-order valence-corrected chi connectivity index (χ4v) is 4.44. The highest BCUT2D eigenvalue weighted by atomic mass is 32.2. The topological polar surface area (TPSA) is 107 Å². The molecular weight excluding hydrogens is 370 g/mol. The van der Waals surface area contributed by atoms with Crippen LogP contribution < -0.4 is 5.32 Å². The van der Waals surface area contributed by atoms with Crippen LogP contribution in [0.1, 0.15) is 25.3 Å². The van der Waals surface area contributed by atoms with Crippen molar-refractivity contribution in [2.45, 2.75) is 38.3 Å². The van der Waals surface area contributed by atoms with E-state index >= 15 is 0 Å². The highest BCUT2D eigenvalue weighted by Crippen LogP contribution is 2.14. The number of nitrogens with zero attached hydrogens (tertiary/aromatic N) is 2. The van der Waals surface area contributed by atoms with Crippen LogP contribution in [-0.4, -0.2) is 72.7 Å². The molecule has 0 bridgehead atoms. The largest absolute Gasteiger partial charge is 0.481 e. The molecule has 1 aromatic rings. The lowest BCUT2D eigenvalue weighted by Crippen LogP contribution is -2.58. The number of sulfonamides is 1. The Morgan fingerprint density at radius 2 is 1.93 bits per heavy atom. The summed E-state index contributed by atoms with van der Waals surface area (Å²) < 4.78 is 24.9. The summed E-state index contributed by atoms with van der Waals surface area (Å²) in [5.41, 5.74) is 1.02. The number of urea groups is 1. The predicted octanol–water partition coefficient (Wildman–Crippen LogP) is 1.14. The number of carboxylic acid groups (broad SMARTS) is 1. The normalized spacial score (nSPS) is 19.5. The molecule has 27 heavy (non-hydrogen) atoms. The van der Waals surface area contributed by atoms with Crippen LogP contribution in [0, 0.1) is 0 Å². The zero-order valence-corrected chi connectivity index (χ0v) is 16.5. The number of piperazine rings is 1. The summed E-state index contributed by atoms with van der Waals surface area (Å²) >= 11 is 0. The van der Waals surface area contributed by atoms with Crippen LogP contribution in [0.4, 0.5) is 4.79 Å². The molecule has 0 spiro atoms. The molecule has 2 amide bonds. The Balaban J connectivity index is 1.99. The van der Waals surface area contributed by atoms with Gasteiger partial charge < -0.3 is 15.3 Å². The van der Waals surface area contributed by atoms with E-state index in [1.165, 1.54) is 10.6 Å². The Morgan fingerprint density at radius 1 is 1.26 bits per heavy atom. The Labute approximate surface area is 160 Å². The molecule has 9 heteroatoms. The number of carbonyl (C=O) groups excluding carboxylic acids is 1. The molecule has 2 N–H and O–H groups in total. The summed E-state index contributed by atoms with van der Waals surface area (Å²) in [6.07, 6.45) is 2.00. The van der Waals surface area contributed by atoms with E-state index in [1.54, 1.807) is 11.8 Å². The zero-order chi connectivity index (χ0) is 20.0. The van der Waals surface area contributed by atoms with Gasteiger partial charge in [-0.1, -0.05) is 30.3 Å². The molecule has 1 unspecified atom stereocenters. The first kappa shape index (κ1) is 21.2. The molecule has 1 aliphatic heterocycles. The monoisotopic (exact) mass is 397 g/mol. The van der Waals surface area contributed by atoms with Crippen LogP contribution >= 0.6 is 0 Å². The minimum absolute atomic E-state index is 0.0317. The van der Waals surface area contributed by atoms with E-state index in [1.807, 2.05) is 30.3 Å². The van der Waals surface area contributed by atoms with Crippen LogP contribution in [0.25, 0.3) is 0 Å². The quantitative estimate of drug-likeness (QED) is 0.717. The number of hydrogen-bond acceptors (Lipinski definition) is 4. The van der Waals surface area contributed by atoms with Gasteiger partial charge in [0, 0.05) is 38.1 Å². The third kappa shape index (κ3) is 6.51. The Bertz CT molecular complexity index is 754. The van der Waals surface area contributed by atoms with E-state index in [4.69, 9.17) is 5.11 Å². The van der Waals surface area contributed by atoms with Gasteiger partial charge in [0.05, 0.1) is 6.26 Å². The Hall–Kier alpha value is -2.13. The van der Waals surface area contributed by atoms with Gasteiger partial charge in [-0.05, 0) is 25.3 Å². The molecule has 1 heterocycles. The van der Waals surface area contributed by atoms with Crippen LogP contribution in [0.2, 0.25) is 0 Å². The molecule has 0 aliphatic carbocycles. The first-order valence-electron chi connectivity index (χ1n) is 8.95. The van der Waals surface area contributed by atoms with E-state index in [9.17, 15) is 18.0 Å². The SMILES string of the molecule is C[C@H]1CN(C(=O)NC(CCC(=O)O)Cc2ccccc2)CCN1S(C)(=O)=O. The lowest BCUT2D eigenvalue weighted by atomic mass is 10.0. The second-order valence-electron chi connectivity index (χ2n) is 6.94. The van der Waals surface area contributed by atoms with Crippen molar-refractivity contribution < 1.29 is 23.1 Å². The van der Waals surface area contributed by atoms with Crippen molar-refractivity contribution in [3.05, 3.63) is 35.9 Å². The number of carbonyl (C=O) groups is 2. The number of aliphatic carboxylic acids is 1. The number of amides is 2. The maximum atomic E-state index is 12.6. The fraction of sp³-hybridized carbons (Fsp3) is 0.556. The van der Waals surface area contributed by atoms with Crippen LogP contribution in [0.5, 0.6) is 0 Å². The number of hydrogen-bond donors (Lipinski definition) is 2. The Kier molecular flexibility index (Phi) is 7.20. The molecule has 0 radical (unpaired) electrons. The molecule has 8 nitrogen and oxygen atoms in total. The molecule has 2 rings (SSSR count). The van der Waals surface area contributed by atoms with Crippen molar-refractivity contribution in [2.75, 3.05) is 25.9 Å². The van der Waals surface area contributed by atoms with Crippen molar-refractivity contribution in [1.29, 1.82) is 0 Å². The number of benzene rings is 1. The third-order valence-electron chi connectivity index (χ3n) is 4.64. The van der Waals surface area contributed by atoms with Gasteiger partial charge in [0.1, 0.15) is 0 Å². The second-order valence-corrected chi connectivity index (χ2v) is 8.87. The molecule has 1 aliphatic rings. The summed E-state index contributed by atoms with van der Waals surface area (Å²) in [5, 5.41) is 11.9. The molecule has 1 fully saturated rings. The third-order valence-corrected chi connectivity index (χ3v) is 6.03. The van der Waals surface area contributed by atoms with Gasteiger partial charge in [-0.2, -0.15) is 4.31 Å². The van der Waals surface area contributed by atoms with Gasteiger partial charge in [0.25, 0.3) is 0 Å². The summed E-state index contributed by atoms with van der Waals surface area (Å²) in [6, 6.07) is 8.68. The molecule has 1 aromatic carbocycles. The summed E-state index contributed by atoms with van der Waals surface area (Å²) in [5.74, 6) is -0.905. The van der Waals surface area contributed by atoms with Crippen molar-refractivity contribution in [3.8, 4) is 0 Å². The first-order valence-corrected chi connectivity index (χ1v) is 10.8. The zero-order valence-electron chi connectivity index (χ0n) is 15.7. The van der Waals surface area contributed by atoms with E-state index in [-0.39, 0.29) is 31.1 Å². The molecule has 0 saturated carbocycles. The predicted molar refractivity (Wildman–Crippen MR) is 102 cm³/mol. The highest BCUT2D eigenvalue weighted by Gasteiger charge is 2.32. The molecule has 1 saturated heterocycles. The maximum absolute atomic E-state index is 12.6. The minimum atomic E-state index is -3.30. The molecule has 150 valence electrons. The highest BCUT2D eigenvalue weighted by molar-refractivity contribution is 7.88. The average molecular weight is 397 g/mol. The average Bonchev–Trinajstić information content (AvgIpc) is 2.59. The standard InChI is InChI=1S/C18H27N3O5S/c1-14-13-20(10-11-21(14)27(2,25)26)18(24)19-16(8-9-17(22)23)12-15-6-4-3-5-7-15/h3-7,14,16H,8-13H2,1-2H3,(H,19,24)(H,22,23)/t14-,16?/m0/s1. The number of rotatable bonds is 7. The van der Waals surface area contributed by atoms with E-state index in [0.717, 1.165) is 5.56 Å². The van der Waals surface area contributed by atoms with Gasteiger partial charge in [-0.3, -0.25) is 4.79 Å². The van der Waals surface area contributed by atoms with Crippen LogP contribution in [0.15, 0.2) is 30.3 Å². The van der Waals surface area contributed by atoms with E-state index < -0.39 is 16.0 Å². The maximum Gasteiger partial charge on any atom is 0.317 e. The van der Waals surface area contributed by atoms with Crippen molar-refractivity contribution in [1.82, 2.24) is 14.5 Å². The van der Waals surface area contributed by atoms with Crippen LogP contribution in [-0.2, 0) is 21.2 Å². The number of carboxylic acids is 1. The second kappa shape index (κ2) is 9.18. The van der Waals surface area contributed by atoms with Crippen molar-refractivity contribution in [2.24, 2.45) is 0 Å². The summed E-state index contributed by atoms with van der Waals surface area (Å²) in [6.45, 7) is 2.63. The molecular formula is C18H27N3O5S. The van der Waals surface area contributed by atoms with Gasteiger partial charge >= 0.3 is 12.0 Å². The van der Waals surface area contributed by atoms with Crippen molar-refractivity contribution in [3.63, 3.8) is 0 Å². The van der Waals surface area contributed by atoms with E-state index in [0.29, 0.717) is 25.9 Å². The Morgan fingerprint density at radius 3 is 2.48 bits per heavy atom. The lowest BCUT2D eigenvalue weighted by Gasteiger charge is -2.38. The van der Waals surface area contributed by atoms with Crippen LogP contribution in [0.3, 0.4) is 0 Å². The van der Waals surface area contributed by atoms with Gasteiger partial charge in [-0.15, -0.1) is 0 Å². The molecule has 0 aromatic heterocycles. The van der Waals surface area contributed by atoms with Gasteiger partial charge in [0.15, 0.2) is 0 Å². The van der Waals surface area contributed by atoms with E-state index in [2.05, 4.69) is 5.32 Å². The first-order chi connectivity index (χ1) is 12.7.